The summed E-state index contributed by atoms with van der Waals surface area (Å²) in [5.41, 5.74) is 8.32. The number of aromatic nitrogens is 2. The van der Waals surface area contributed by atoms with Crippen molar-refractivity contribution in [2.24, 2.45) is 11.1 Å². The Labute approximate surface area is 214 Å². The van der Waals surface area contributed by atoms with Crippen LogP contribution in [0.25, 0.3) is 0 Å². The molecule has 1 aromatic heterocycles. The second-order valence-electron chi connectivity index (χ2n) is 10.8. The smallest absolute Gasteiger partial charge is 0.319 e. The highest BCUT2D eigenvalue weighted by molar-refractivity contribution is 7.91. The summed E-state index contributed by atoms with van der Waals surface area (Å²) in [6.07, 6.45) is 5.51. The topological polar surface area (TPSA) is 113 Å². The fourth-order valence-corrected chi connectivity index (χ4v) is 6.81. The van der Waals surface area contributed by atoms with Crippen molar-refractivity contribution in [3.63, 3.8) is 0 Å². The summed E-state index contributed by atoms with van der Waals surface area (Å²) < 4.78 is 23.5. The molecule has 0 radical (unpaired) electrons. The highest BCUT2D eigenvalue weighted by Gasteiger charge is 2.44. The van der Waals surface area contributed by atoms with Gasteiger partial charge in [0, 0.05) is 25.2 Å². The largest absolute Gasteiger partial charge is 0.351 e. The second-order valence-corrected chi connectivity index (χ2v) is 13.1. The Kier molecular flexibility index (Phi) is 7.30. The molecule has 1 aliphatic carbocycles. The zero-order valence-corrected chi connectivity index (χ0v) is 22.6. The number of carbonyl (C=O) groups is 1. The SMILES string of the molecule is Cc1nc(N2CCS(=O)(=O)CC2)ncc1N(CC1(C)CCC(c2ccccc2)(N(C)C)CC1)C(N)=O. The van der Waals surface area contributed by atoms with Crippen molar-refractivity contribution in [2.45, 2.75) is 45.1 Å². The molecule has 2 N–H and O–H groups in total. The fourth-order valence-electron chi connectivity index (χ4n) is 5.61. The van der Waals surface area contributed by atoms with Gasteiger partial charge < -0.3 is 10.6 Å². The normalized spacial score (nSPS) is 26.1. The van der Waals surface area contributed by atoms with E-state index in [1.165, 1.54) is 5.56 Å². The number of primary amides is 1. The van der Waals surface area contributed by atoms with Crippen LogP contribution in [0, 0.1) is 12.3 Å². The summed E-state index contributed by atoms with van der Waals surface area (Å²) >= 11 is 0. The molecule has 0 unspecified atom stereocenters. The molecule has 4 rings (SSSR count). The molecule has 0 bridgehead atoms. The molecule has 2 heterocycles. The van der Waals surface area contributed by atoms with Gasteiger partial charge in [-0.1, -0.05) is 37.3 Å². The maximum absolute atomic E-state index is 12.6. The molecule has 0 atom stereocenters. The lowest BCUT2D eigenvalue weighted by atomic mass is 9.65. The first-order valence-corrected chi connectivity index (χ1v) is 14.4. The van der Waals surface area contributed by atoms with Gasteiger partial charge in [0.05, 0.1) is 29.1 Å². The van der Waals surface area contributed by atoms with Crippen molar-refractivity contribution in [3.05, 3.63) is 47.8 Å². The Morgan fingerprint density at radius 1 is 1.08 bits per heavy atom. The molecule has 2 fully saturated rings. The van der Waals surface area contributed by atoms with Crippen molar-refractivity contribution in [3.8, 4) is 0 Å². The summed E-state index contributed by atoms with van der Waals surface area (Å²) in [5.74, 6) is 0.679. The number of urea groups is 1. The van der Waals surface area contributed by atoms with E-state index >= 15 is 0 Å². The first-order chi connectivity index (χ1) is 16.9. The molecule has 36 heavy (non-hydrogen) atoms. The number of nitrogens with zero attached hydrogens (tertiary/aromatic N) is 5. The Bertz CT molecular complexity index is 1180. The lowest BCUT2D eigenvalue weighted by Crippen LogP contribution is -2.50. The quantitative estimate of drug-likeness (QED) is 0.631. The van der Waals surface area contributed by atoms with E-state index in [1.54, 1.807) is 11.1 Å². The van der Waals surface area contributed by atoms with Gasteiger partial charge in [-0.05, 0) is 57.7 Å². The van der Waals surface area contributed by atoms with Gasteiger partial charge in [-0.25, -0.2) is 23.2 Å². The van der Waals surface area contributed by atoms with Gasteiger partial charge in [-0.2, -0.15) is 0 Å². The van der Waals surface area contributed by atoms with Crippen LogP contribution in [-0.4, -0.2) is 74.6 Å². The zero-order valence-electron chi connectivity index (χ0n) is 21.8. The lowest BCUT2D eigenvalue weighted by Gasteiger charge is -2.50. The molecular weight excluding hydrogens is 476 g/mol. The second kappa shape index (κ2) is 9.97. The van der Waals surface area contributed by atoms with Gasteiger partial charge in [-0.3, -0.25) is 9.80 Å². The van der Waals surface area contributed by atoms with Gasteiger partial charge >= 0.3 is 6.03 Å². The summed E-state index contributed by atoms with van der Waals surface area (Å²) in [5, 5.41) is 0. The first kappa shape index (κ1) is 26.3. The van der Waals surface area contributed by atoms with Crippen LogP contribution in [-0.2, 0) is 15.4 Å². The van der Waals surface area contributed by atoms with E-state index in [4.69, 9.17) is 5.73 Å². The number of carbonyl (C=O) groups excluding carboxylic acids is 1. The predicted molar refractivity (Wildman–Crippen MR) is 143 cm³/mol. The molecular formula is C26H38N6O3S. The molecule has 1 saturated heterocycles. The minimum absolute atomic E-state index is 0.0269. The number of hydrogen-bond acceptors (Lipinski definition) is 7. The molecule has 10 heteroatoms. The van der Waals surface area contributed by atoms with E-state index in [2.05, 4.69) is 60.2 Å². The zero-order chi connectivity index (χ0) is 26.1. The Hall–Kier alpha value is -2.72. The number of aryl methyl sites for hydroxylation is 1. The van der Waals surface area contributed by atoms with Crippen LogP contribution >= 0.6 is 0 Å². The minimum atomic E-state index is -2.99. The number of rotatable bonds is 6. The maximum Gasteiger partial charge on any atom is 0.319 e. The standard InChI is InChI=1S/C26H38N6O3S/c1-20-22(18-28-24(29-20)31-14-16-36(34,35)17-15-31)32(23(27)33)19-25(2)10-12-26(13-11-25,30(3)4)21-8-6-5-7-9-21/h5-9,18H,10-17,19H2,1-4H3,(H2,27,33). The van der Waals surface area contributed by atoms with Crippen LogP contribution in [0.3, 0.4) is 0 Å². The third kappa shape index (κ3) is 5.34. The Morgan fingerprint density at radius 3 is 2.22 bits per heavy atom. The Balaban J connectivity index is 1.51. The van der Waals surface area contributed by atoms with Gasteiger partial charge in [0.15, 0.2) is 9.84 Å². The van der Waals surface area contributed by atoms with Crippen LogP contribution in [0.15, 0.2) is 36.5 Å². The fraction of sp³-hybridized carbons (Fsp3) is 0.577. The van der Waals surface area contributed by atoms with Crippen molar-refractivity contribution in [1.82, 2.24) is 14.9 Å². The summed E-state index contributed by atoms with van der Waals surface area (Å²) in [6, 6.07) is 10.1. The number of amides is 2. The molecule has 9 nitrogen and oxygen atoms in total. The molecule has 1 saturated carbocycles. The number of nitrogens with two attached hydrogens (primary N) is 1. The van der Waals surface area contributed by atoms with E-state index in [1.807, 2.05) is 17.9 Å². The third-order valence-corrected chi connectivity index (χ3v) is 9.73. The van der Waals surface area contributed by atoms with E-state index < -0.39 is 15.9 Å². The Morgan fingerprint density at radius 2 is 1.69 bits per heavy atom. The summed E-state index contributed by atoms with van der Waals surface area (Å²) in [7, 11) is 1.30. The van der Waals surface area contributed by atoms with Crippen molar-refractivity contribution in [2.75, 3.05) is 55.0 Å². The van der Waals surface area contributed by atoms with Gasteiger partial charge in [0.1, 0.15) is 0 Å². The number of benzene rings is 1. The summed E-state index contributed by atoms with van der Waals surface area (Å²) in [6.45, 7) is 5.30. The number of anilines is 2. The van der Waals surface area contributed by atoms with E-state index in [-0.39, 0.29) is 22.5 Å². The van der Waals surface area contributed by atoms with Crippen LogP contribution in [0.4, 0.5) is 16.4 Å². The van der Waals surface area contributed by atoms with Crippen LogP contribution in [0.2, 0.25) is 0 Å². The van der Waals surface area contributed by atoms with Gasteiger partial charge in [0.25, 0.3) is 0 Å². The predicted octanol–water partition coefficient (Wildman–Crippen LogP) is 2.94. The molecule has 1 aromatic carbocycles. The van der Waals surface area contributed by atoms with Crippen LogP contribution in [0.5, 0.6) is 0 Å². The van der Waals surface area contributed by atoms with Crippen LogP contribution in [0.1, 0.15) is 43.9 Å². The van der Waals surface area contributed by atoms with Gasteiger partial charge in [-0.15, -0.1) is 0 Å². The third-order valence-electron chi connectivity index (χ3n) is 8.12. The monoisotopic (exact) mass is 514 g/mol. The lowest BCUT2D eigenvalue weighted by molar-refractivity contribution is 0.0459. The number of hydrogen-bond donors (Lipinski definition) is 1. The molecule has 2 aromatic rings. The average Bonchev–Trinajstić information content (AvgIpc) is 2.84. The maximum atomic E-state index is 12.6. The molecule has 1 aliphatic heterocycles. The molecule has 2 amide bonds. The molecule has 2 aliphatic rings. The summed E-state index contributed by atoms with van der Waals surface area (Å²) in [4.78, 5) is 27.5. The number of sulfone groups is 1. The van der Waals surface area contributed by atoms with E-state index in [0.717, 1.165) is 25.7 Å². The molecule has 0 spiro atoms. The van der Waals surface area contributed by atoms with Crippen molar-refractivity contribution < 1.29 is 13.2 Å². The average molecular weight is 515 g/mol. The van der Waals surface area contributed by atoms with E-state index in [9.17, 15) is 13.2 Å². The highest BCUT2D eigenvalue weighted by atomic mass is 32.2. The minimum Gasteiger partial charge on any atom is -0.351 e. The van der Waals surface area contributed by atoms with Crippen LogP contribution < -0.4 is 15.5 Å². The molecule has 196 valence electrons. The highest BCUT2D eigenvalue weighted by Crippen LogP contribution is 2.48. The van der Waals surface area contributed by atoms with Crippen molar-refractivity contribution in [1.29, 1.82) is 0 Å². The van der Waals surface area contributed by atoms with E-state index in [0.29, 0.717) is 37.0 Å². The van der Waals surface area contributed by atoms with Gasteiger partial charge in [0.2, 0.25) is 5.95 Å². The van der Waals surface area contributed by atoms with Crippen molar-refractivity contribution >= 4 is 27.5 Å². The first-order valence-electron chi connectivity index (χ1n) is 12.5.